The Morgan fingerprint density at radius 2 is 2.11 bits per heavy atom. The van der Waals surface area contributed by atoms with E-state index in [9.17, 15) is 14.0 Å². The Kier molecular flexibility index (Phi) is 3.38. The Bertz CT molecular complexity index is 719. The highest BCUT2D eigenvalue weighted by Crippen LogP contribution is 2.20. The van der Waals surface area contributed by atoms with Crippen LogP contribution in [-0.2, 0) is 4.74 Å². The maximum Gasteiger partial charge on any atom is 0.343 e. The summed E-state index contributed by atoms with van der Waals surface area (Å²) in [6.45, 7) is 5.16. The van der Waals surface area contributed by atoms with E-state index in [-0.39, 0.29) is 17.6 Å². The van der Waals surface area contributed by atoms with Gasteiger partial charge in [-0.3, -0.25) is 4.79 Å². The van der Waals surface area contributed by atoms with Gasteiger partial charge in [0.25, 0.3) is 0 Å². The summed E-state index contributed by atoms with van der Waals surface area (Å²) >= 11 is 0. The van der Waals surface area contributed by atoms with E-state index in [1.54, 1.807) is 26.8 Å². The number of H-pyrrole nitrogens is 1. The summed E-state index contributed by atoms with van der Waals surface area (Å²) in [5.41, 5.74) is 0.687. The molecule has 0 spiro atoms. The fourth-order valence-corrected chi connectivity index (χ4v) is 1.92. The first-order valence-corrected chi connectivity index (χ1v) is 5.95. The fourth-order valence-electron chi connectivity index (χ4n) is 1.92. The van der Waals surface area contributed by atoms with Crippen LogP contribution >= 0.6 is 0 Å². The summed E-state index contributed by atoms with van der Waals surface area (Å²) in [5.74, 6) is -1.34. The Morgan fingerprint density at radius 3 is 2.74 bits per heavy atom. The number of nitrogens with one attached hydrogen (secondary N) is 1. The van der Waals surface area contributed by atoms with Gasteiger partial charge in [0.05, 0.1) is 17.5 Å². The highest BCUT2D eigenvalue weighted by molar-refractivity contribution is 5.94. The molecule has 0 atom stereocenters. The summed E-state index contributed by atoms with van der Waals surface area (Å²) in [6.07, 6.45) is 1.26. The van der Waals surface area contributed by atoms with Gasteiger partial charge in [-0.15, -0.1) is 0 Å². The summed E-state index contributed by atoms with van der Waals surface area (Å²) < 4.78 is 18.9. The highest BCUT2D eigenvalue weighted by Gasteiger charge is 2.18. The number of fused-ring (bicyclic) bond motifs is 1. The maximum absolute atomic E-state index is 14.2. The third-order valence-corrected chi connectivity index (χ3v) is 3.11. The molecule has 0 saturated carbocycles. The third-order valence-electron chi connectivity index (χ3n) is 3.11. The average molecular weight is 263 g/mol. The molecule has 0 unspecified atom stereocenters. The van der Waals surface area contributed by atoms with Crippen molar-refractivity contribution in [3.05, 3.63) is 45.0 Å². The number of carbonyl (C=O) groups is 1. The SMILES string of the molecule is CCOC(=O)c1c[nH]c2cc(C)c(C)c(F)c2c1=O. The Morgan fingerprint density at radius 1 is 1.42 bits per heavy atom. The fraction of sp³-hybridized carbons (Fsp3) is 0.286. The van der Waals surface area contributed by atoms with E-state index < -0.39 is 17.2 Å². The van der Waals surface area contributed by atoms with Crippen molar-refractivity contribution in [2.75, 3.05) is 6.61 Å². The van der Waals surface area contributed by atoms with Crippen molar-refractivity contribution in [3.63, 3.8) is 0 Å². The third kappa shape index (κ3) is 2.12. The second kappa shape index (κ2) is 4.84. The van der Waals surface area contributed by atoms with Gasteiger partial charge < -0.3 is 9.72 Å². The number of hydrogen-bond acceptors (Lipinski definition) is 3. The van der Waals surface area contributed by atoms with E-state index in [1.807, 2.05) is 0 Å². The minimum Gasteiger partial charge on any atom is -0.462 e. The van der Waals surface area contributed by atoms with Crippen LogP contribution in [0.1, 0.15) is 28.4 Å². The molecule has 0 fully saturated rings. The van der Waals surface area contributed by atoms with E-state index in [0.29, 0.717) is 11.1 Å². The van der Waals surface area contributed by atoms with Gasteiger partial charge in [0.1, 0.15) is 11.4 Å². The molecule has 0 amide bonds. The zero-order valence-electron chi connectivity index (χ0n) is 11.0. The van der Waals surface area contributed by atoms with E-state index >= 15 is 0 Å². The number of aryl methyl sites for hydroxylation is 1. The summed E-state index contributed by atoms with van der Waals surface area (Å²) in [5, 5.41) is -0.103. The molecule has 0 bridgehead atoms. The lowest BCUT2D eigenvalue weighted by Crippen LogP contribution is -2.19. The normalized spacial score (nSPS) is 10.7. The van der Waals surface area contributed by atoms with Crippen molar-refractivity contribution in [1.29, 1.82) is 0 Å². The second-order valence-electron chi connectivity index (χ2n) is 4.31. The lowest BCUT2D eigenvalue weighted by Gasteiger charge is -2.08. The molecule has 5 heteroatoms. The molecule has 0 aliphatic heterocycles. The molecule has 4 nitrogen and oxygen atoms in total. The summed E-state index contributed by atoms with van der Waals surface area (Å²) in [4.78, 5) is 26.5. The van der Waals surface area contributed by atoms with Crippen LogP contribution in [0.4, 0.5) is 4.39 Å². The topological polar surface area (TPSA) is 59.2 Å². The standard InChI is InChI=1S/C14H14FNO3/c1-4-19-14(18)9-6-16-10-5-7(2)8(3)12(15)11(10)13(9)17/h5-6H,4H2,1-3H3,(H,16,17). The maximum atomic E-state index is 14.2. The minimum absolute atomic E-state index is 0.103. The van der Waals surface area contributed by atoms with Gasteiger partial charge >= 0.3 is 5.97 Å². The molecular formula is C14H14FNO3. The Labute approximate surface area is 109 Å². The monoisotopic (exact) mass is 263 g/mol. The molecule has 0 aliphatic rings. The molecule has 1 aromatic carbocycles. The van der Waals surface area contributed by atoms with Crippen LogP contribution in [-0.4, -0.2) is 17.6 Å². The molecule has 2 aromatic rings. The van der Waals surface area contributed by atoms with E-state index in [2.05, 4.69) is 4.98 Å². The molecule has 1 heterocycles. The van der Waals surface area contributed by atoms with Crippen LogP contribution in [0, 0.1) is 19.7 Å². The number of pyridine rings is 1. The molecule has 0 radical (unpaired) electrons. The Balaban J connectivity index is 2.78. The molecule has 2 rings (SSSR count). The van der Waals surface area contributed by atoms with E-state index in [0.717, 1.165) is 5.56 Å². The number of halogens is 1. The number of aromatic nitrogens is 1. The number of carbonyl (C=O) groups excluding carboxylic acids is 1. The van der Waals surface area contributed by atoms with Crippen LogP contribution in [0.3, 0.4) is 0 Å². The number of rotatable bonds is 2. The first-order chi connectivity index (χ1) is 8.97. The van der Waals surface area contributed by atoms with E-state index in [1.165, 1.54) is 6.20 Å². The number of hydrogen-bond donors (Lipinski definition) is 1. The molecule has 0 aliphatic carbocycles. The van der Waals surface area contributed by atoms with Crippen molar-refractivity contribution in [3.8, 4) is 0 Å². The largest absolute Gasteiger partial charge is 0.462 e. The van der Waals surface area contributed by atoms with Crippen molar-refractivity contribution in [2.45, 2.75) is 20.8 Å². The van der Waals surface area contributed by atoms with Crippen molar-refractivity contribution in [1.82, 2.24) is 4.98 Å². The van der Waals surface area contributed by atoms with Crippen molar-refractivity contribution in [2.24, 2.45) is 0 Å². The second-order valence-corrected chi connectivity index (χ2v) is 4.31. The summed E-state index contributed by atoms with van der Waals surface area (Å²) in [6, 6.07) is 1.68. The number of esters is 1. The zero-order valence-corrected chi connectivity index (χ0v) is 11.0. The predicted octanol–water partition coefficient (Wildman–Crippen LogP) is 2.46. The predicted molar refractivity (Wildman–Crippen MR) is 70.0 cm³/mol. The molecule has 0 saturated heterocycles. The quantitative estimate of drug-likeness (QED) is 0.847. The van der Waals surface area contributed by atoms with Crippen molar-refractivity contribution < 1.29 is 13.9 Å². The lowest BCUT2D eigenvalue weighted by atomic mass is 10.0. The lowest BCUT2D eigenvalue weighted by molar-refractivity contribution is 0.0524. The van der Waals surface area contributed by atoms with Crippen LogP contribution in [0.15, 0.2) is 17.1 Å². The number of aromatic amines is 1. The molecule has 1 N–H and O–H groups in total. The highest BCUT2D eigenvalue weighted by atomic mass is 19.1. The molecular weight excluding hydrogens is 249 g/mol. The molecule has 100 valence electrons. The molecule has 19 heavy (non-hydrogen) atoms. The van der Waals surface area contributed by atoms with Crippen LogP contribution in [0.2, 0.25) is 0 Å². The average Bonchev–Trinajstić information content (AvgIpc) is 2.36. The first kappa shape index (κ1) is 13.3. The van der Waals surface area contributed by atoms with Gasteiger partial charge in [0.15, 0.2) is 0 Å². The summed E-state index contributed by atoms with van der Waals surface area (Å²) in [7, 11) is 0. The minimum atomic E-state index is -0.747. The van der Waals surface area contributed by atoms with Crippen LogP contribution < -0.4 is 5.43 Å². The number of benzene rings is 1. The van der Waals surface area contributed by atoms with Crippen LogP contribution in [0.5, 0.6) is 0 Å². The van der Waals surface area contributed by atoms with Crippen molar-refractivity contribution >= 4 is 16.9 Å². The van der Waals surface area contributed by atoms with Gasteiger partial charge in [-0.05, 0) is 38.0 Å². The first-order valence-electron chi connectivity index (χ1n) is 5.95. The van der Waals surface area contributed by atoms with Gasteiger partial charge in [-0.25, -0.2) is 9.18 Å². The van der Waals surface area contributed by atoms with Gasteiger partial charge in [0, 0.05) is 6.20 Å². The van der Waals surface area contributed by atoms with Gasteiger partial charge in [0.2, 0.25) is 5.43 Å². The van der Waals surface area contributed by atoms with Gasteiger partial charge in [-0.2, -0.15) is 0 Å². The Hall–Kier alpha value is -2.17. The smallest absolute Gasteiger partial charge is 0.343 e. The zero-order chi connectivity index (χ0) is 14.2. The van der Waals surface area contributed by atoms with E-state index in [4.69, 9.17) is 4.74 Å². The molecule has 1 aromatic heterocycles. The van der Waals surface area contributed by atoms with Crippen LogP contribution in [0.25, 0.3) is 10.9 Å². The number of ether oxygens (including phenoxy) is 1. The van der Waals surface area contributed by atoms with Gasteiger partial charge in [-0.1, -0.05) is 0 Å².